The lowest BCUT2D eigenvalue weighted by Gasteiger charge is -2.36. The molecule has 0 saturated heterocycles. The average molecular weight is 386 g/mol. The highest BCUT2D eigenvalue weighted by Gasteiger charge is 2.34. The van der Waals surface area contributed by atoms with Crippen LogP contribution >= 0.6 is 11.6 Å². The monoisotopic (exact) mass is 385 g/mol. The van der Waals surface area contributed by atoms with E-state index in [9.17, 15) is 0 Å². The number of nitrogens with one attached hydrogen (secondary N) is 2. The van der Waals surface area contributed by atoms with E-state index in [0.717, 1.165) is 55.0 Å². The van der Waals surface area contributed by atoms with Gasteiger partial charge in [0.15, 0.2) is 5.72 Å². The Morgan fingerprint density at radius 1 is 1.19 bits per heavy atom. The standard InChI is InChI=1S/C22H28ClN3O/c1-22(17-5-4-12-25-15-17,27-18-6-2-3-7-18)26-21-19-11-14-24-13-10-16(19)8-9-20(21)23/h4-5,8-9,12,15,18,24,26H,2-3,6-7,10-11,13-14H2,1H3. The number of rotatable bonds is 5. The van der Waals surface area contributed by atoms with Gasteiger partial charge >= 0.3 is 0 Å². The molecule has 1 unspecified atom stereocenters. The molecule has 0 radical (unpaired) electrons. The van der Waals surface area contributed by atoms with Crippen LogP contribution in [0.5, 0.6) is 0 Å². The van der Waals surface area contributed by atoms with E-state index in [0.29, 0.717) is 0 Å². The van der Waals surface area contributed by atoms with Gasteiger partial charge in [-0.15, -0.1) is 0 Å². The largest absolute Gasteiger partial charge is 0.353 e. The first kappa shape index (κ1) is 18.7. The molecule has 5 heteroatoms. The molecule has 0 bridgehead atoms. The van der Waals surface area contributed by atoms with E-state index in [2.05, 4.69) is 34.7 Å². The number of anilines is 1. The Bertz CT molecular complexity index is 777. The molecule has 0 spiro atoms. The zero-order chi connectivity index (χ0) is 18.7. The Morgan fingerprint density at radius 2 is 2.00 bits per heavy atom. The van der Waals surface area contributed by atoms with Crippen molar-refractivity contribution < 1.29 is 4.74 Å². The van der Waals surface area contributed by atoms with Gasteiger partial charge in [0.25, 0.3) is 0 Å². The van der Waals surface area contributed by atoms with Crippen LogP contribution in [-0.4, -0.2) is 24.2 Å². The van der Waals surface area contributed by atoms with Gasteiger partial charge in [0, 0.05) is 18.0 Å². The Balaban J connectivity index is 1.71. The Kier molecular flexibility index (Phi) is 5.67. The van der Waals surface area contributed by atoms with E-state index in [4.69, 9.17) is 16.3 Å². The van der Waals surface area contributed by atoms with Gasteiger partial charge in [-0.05, 0) is 69.0 Å². The molecule has 144 valence electrons. The highest BCUT2D eigenvalue weighted by atomic mass is 35.5. The molecular formula is C22H28ClN3O. The lowest BCUT2D eigenvalue weighted by molar-refractivity contribution is -0.0663. The smallest absolute Gasteiger partial charge is 0.164 e. The summed E-state index contributed by atoms with van der Waals surface area (Å²) in [6.45, 7) is 4.08. The number of benzene rings is 1. The van der Waals surface area contributed by atoms with E-state index < -0.39 is 5.72 Å². The van der Waals surface area contributed by atoms with E-state index in [1.54, 1.807) is 6.20 Å². The summed E-state index contributed by atoms with van der Waals surface area (Å²) in [5, 5.41) is 7.93. The number of fused-ring (bicyclic) bond motifs is 1. The third-order valence-corrected chi connectivity index (χ3v) is 6.08. The van der Waals surface area contributed by atoms with Crippen molar-refractivity contribution in [3.8, 4) is 0 Å². The summed E-state index contributed by atoms with van der Waals surface area (Å²) in [7, 11) is 0. The molecule has 1 saturated carbocycles. The van der Waals surface area contributed by atoms with Crippen molar-refractivity contribution in [2.45, 2.75) is 57.3 Å². The summed E-state index contributed by atoms with van der Waals surface area (Å²) in [4.78, 5) is 4.33. The van der Waals surface area contributed by atoms with Gasteiger partial charge in [-0.2, -0.15) is 0 Å². The van der Waals surface area contributed by atoms with Gasteiger partial charge in [-0.25, -0.2) is 0 Å². The van der Waals surface area contributed by atoms with Crippen molar-refractivity contribution in [2.75, 3.05) is 18.4 Å². The summed E-state index contributed by atoms with van der Waals surface area (Å²) in [5.41, 5.74) is 4.03. The van der Waals surface area contributed by atoms with Crippen molar-refractivity contribution in [3.63, 3.8) is 0 Å². The number of ether oxygens (including phenoxy) is 1. The number of hydrogen-bond acceptors (Lipinski definition) is 4. The van der Waals surface area contributed by atoms with Gasteiger partial charge in [0.05, 0.1) is 16.8 Å². The van der Waals surface area contributed by atoms with E-state index in [-0.39, 0.29) is 6.10 Å². The minimum Gasteiger partial charge on any atom is -0.353 e. The van der Waals surface area contributed by atoms with Crippen LogP contribution in [0.15, 0.2) is 36.7 Å². The summed E-state index contributed by atoms with van der Waals surface area (Å²) in [6.07, 6.45) is 10.6. The maximum Gasteiger partial charge on any atom is 0.164 e. The lowest BCUT2D eigenvalue weighted by Crippen LogP contribution is -2.38. The topological polar surface area (TPSA) is 46.2 Å². The van der Waals surface area contributed by atoms with Crippen LogP contribution in [-0.2, 0) is 23.3 Å². The fraction of sp³-hybridized carbons (Fsp3) is 0.500. The maximum atomic E-state index is 6.67. The number of halogens is 1. The molecule has 2 N–H and O–H groups in total. The highest BCUT2D eigenvalue weighted by molar-refractivity contribution is 6.33. The second-order valence-electron chi connectivity index (χ2n) is 7.73. The van der Waals surface area contributed by atoms with Crippen LogP contribution in [0.25, 0.3) is 0 Å². The summed E-state index contributed by atoms with van der Waals surface area (Å²) in [6, 6.07) is 8.21. The summed E-state index contributed by atoms with van der Waals surface area (Å²) < 4.78 is 6.64. The first-order valence-corrected chi connectivity index (χ1v) is 10.4. The predicted octanol–water partition coefficient (Wildman–Crippen LogP) is 4.67. The first-order valence-electron chi connectivity index (χ1n) is 10.0. The van der Waals surface area contributed by atoms with Crippen molar-refractivity contribution in [1.29, 1.82) is 0 Å². The number of nitrogens with zero attached hydrogens (tertiary/aromatic N) is 1. The molecule has 2 heterocycles. The normalized spacial score (nSPS) is 19.9. The Labute approximate surface area is 166 Å². The van der Waals surface area contributed by atoms with Crippen molar-refractivity contribution in [1.82, 2.24) is 10.3 Å². The Hall–Kier alpha value is -1.62. The summed E-state index contributed by atoms with van der Waals surface area (Å²) in [5.74, 6) is 0. The highest BCUT2D eigenvalue weighted by Crippen LogP contribution is 2.38. The zero-order valence-corrected chi connectivity index (χ0v) is 16.7. The second kappa shape index (κ2) is 8.17. The molecule has 1 aromatic heterocycles. The fourth-order valence-electron chi connectivity index (χ4n) is 4.27. The molecule has 1 aromatic carbocycles. The maximum absolute atomic E-state index is 6.67. The van der Waals surface area contributed by atoms with Gasteiger partial charge in [0.2, 0.25) is 0 Å². The first-order chi connectivity index (χ1) is 13.2. The van der Waals surface area contributed by atoms with Crippen LogP contribution in [0.2, 0.25) is 5.02 Å². The van der Waals surface area contributed by atoms with Crippen LogP contribution in [0.4, 0.5) is 5.69 Å². The Morgan fingerprint density at radius 3 is 2.78 bits per heavy atom. The molecule has 1 aliphatic heterocycles. The molecule has 4 rings (SSSR count). The third kappa shape index (κ3) is 4.13. The van der Waals surface area contributed by atoms with Gasteiger partial charge in [-0.1, -0.05) is 36.6 Å². The van der Waals surface area contributed by atoms with Gasteiger partial charge in [0.1, 0.15) is 0 Å². The van der Waals surface area contributed by atoms with E-state index in [1.807, 2.05) is 18.3 Å². The molecule has 27 heavy (non-hydrogen) atoms. The van der Waals surface area contributed by atoms with Crippen LogP contribution in [0, 0.1) is 0 Å². The lowest BCUT2D eigenvalue weighted by atomic mass is 9.98. The third-order valence-electron chi connectivity index (χ3n) is 5.76. The molecular weight excluding hydrogens is 358 g/mol. The molecule has 1 atom stereocenters. The molecule has 0 amide bonds. The van der Waals surface area contributed by atoms with Crippen LogP contribution in [0.3, 0.4) is 0 Å². The number of pyridine rings is 1. The zero-order valence-electron chi connectivity index (χ0n) is 15.9. The van der Waals surface area contributed by atoms with Crippen molar-refractivity contribution >= 4 is 17.3 Å². The average Bonchev–Trinajstić information content (AvgIpc) is 3.07. The minimum atomic E-state index is -0.665. The molecule has 4 nitrogen and oxygen atoms in total. The summed E-state index contributed by atoms with van der Waals surface area (Å²) >= 11 is 6.67. The predicted molar refractivity (Wildman–Crippen MR) is 110 cm³/mol. The van der Waals surface area contributed by atoms with Gasteiger partial charge < -0.3 is 15.4 Å². The van der Waals surface area contributed by atoms with Gasteiger partial charge in [-0.3, -0.25) is 4.98 Å². The van der Waals surface area contributed by atoms with Crippen LogP contribution in [0.1, 0.15) is 49.3 Å². The molecule has 2 aromatic rings. The molecule has 2 aliphatic rings. The second-order valence-corrected chi connectivity index (χ2v) is 8.14. The number of hydrogen-bond donors (Lipinski definition) is 2. The van der Waals surface area contributed by atoms with Crippen molar-refractivity contribution in [2.24, 2.45) is 0 Å². The van der Waals surface area contributed by atoms with E-state index in [1.165, 1.54) is 24.0 Å². The quantitative estimate of drug-likeness (QED) is 0.734. The molecule has 1 fully saturated rings. The fourth-order valence-corrected chi connectivity index (χ4v) is 4.50. The van der Waals surface area contributed by atoms with E-state index >= 15 is 0 Å². The minimum absolute atomic E-state index is 0.269. The number of aromatic nitrogens is 1. The SMILES string of the molecule is CC(Nc1c(Cl)ccc2c1CCNCC2)(OC1CCCC1)c1cccnc1. The van der Waals surface area contributed by atoms with Crippen LogP contribution < -0.4 is 10.6 Å². The van der Waals surface area contributed by atoms with Crippen molar-refractivity contribution in [3.05, 3.63) is 58.4 Å². The molecule has 1 aliphatic carbocycles.